The average molecular weight is 401 g/mol. The molecule has 0 saturated carbocycles. The standard InChI is InChI=1S/C20H20N2O3S2/c1-13(2)27(24,25)17-6-4-5-16(11-17)19(23)22-20-21-18(12-26-20)15-9-7-14(3)8-10-15/h4-13H,1-3H3,(H,21,22,23). The van der Waals surface area contributed by atoms with Crippen molar-refractivity contribution in [2.24, 2.45) is 0 Å². The molecule has 1 heterocycles. The minimum absolute atomic E-state index is 0.143. The Kier molecular flexibility index (Phi) is 5.43. The normalized spacial score (nSPS) is 11.6. The molecule has 7 heteroatoms. The van der Waals surface area contributed by atoms with E-state index in [-0.39, 0.29) is 16.4 Å². The summed E-state index contributed by atoms with van der Waals surface area (Å²) in [5, 5.41) is 4.53. The fourth-order valence-electron chi connectivity index (χ4n) is 2.44. The molecule has 0 radical (unpaired) electrons. The first kappa shape index (κ1) is 19.3. The van der Waals surface area contributed by atoms with E-state index in [9.17, 15) is 13.2 Å². The summed E-state index contributed by atoms with van der Waals surface area (Å²) >= 11 is 1.32. The van der Waals surface area contributed by atoms with Crippen molar-refractivity contribution in [3.63, 3.8) is 0 Å². The predicted molar refractivity (Wildman–Crippen MR) is 109 cm³/mol. The zero-order valence-electron chi connectivity index (χ0n) is 15.3. The van der Waals surface area contributed by atoms with E-state index in [0.717, 1.165) is 11.3 Å². The Hall–Kier alpha value is -2.51. The Labute approximate surface area is 163 Å². The molecule has 0 aliphatic heterocycles. The van der Waals surface area contributed by atoms with Crippen LogP contribution in [0.4, 0.5) is 5.13 Å². The van der Waals surface area contributed by atoms with Crippen molar-refractivity contribution in [2.45, 2.75) is 30.9 Å². The number of carbonyl (C=O) groups excluding carboxylic acids is 1. The first-order chi connectivity index (χ1) is 12.8. The number of carbonyl (C=O) groups is 1. The van der Waals surface area contributed by atoms with Crippen LogP contribution in [0.2, 0.25) is 0 Å². The molecule has 3 rings (SSSR count). The van der Waals surface area contributed by atoms with Gasteiger partial charge in [0.15, 0.2) is 15.0 Å². The van der Waals surface area contributed by atoms with Crippen molar-refractivity contribution < 1.29 is 13.2 Å². The van der Waals surface area contributed by atoms with Crippen LogP contribution in [0.3, 0.4) is 0 Å². The summed E-state index contributed by atoms with van der Waals surface area (Å²) in [5.41, 5.74) is 3.20. The van der Waals surface area contributed by atoms with Crippen LogP contribution in [0.1, 0.15) is 29.8 Å². The molecule has 27 heavy (non-hydrogen) atoms. The molecule has 0 saturated heterocycles. The van der Waals surface area contributed by atoms with Gasteiger partial charge in [-0.3, -0.25) is 10.1 Å². The first-order valence-corrected chi connectivity index (χ1v) is 10.9. The number of nitrogens with zero attached hydrogens (tertiary/aromatic N) is 1. The Morgan fingerprint density at radius 2 is 1.81 bits per heavy atom. The van der Waals surface area contributed by atoms with E-state index in [1.165, 1.54) is 29.0 Å². The van der Waals surface area contributed by atoms with Crippen LogP contribution < -0.4 is 5.32 Å². The smallest absolute Gasteiger partial charge is 0.257 e. The van der Waals surface area contributed by atoms with Crippen molar-refractivity contribution >= 4 is 32.2 Å². The zero-order chi connectivity index (χ0) is 19.6. The highest BCUT2D eigenvalue weighted by Crippen LogP contribution is 2.26. The van der Waals surface area contributed by atoms with Crippen LogP contribution in [0.15, 0.2) is 58.8 Å². The molecule has 0 aliphatic rings. The first-order valence-electron chi connectivity index (χ1n) is 8.45. The molecular formula is C20H20N2O3S2. The lowest BCUT2D eigenvalue weighted by molar-refractivity contribution is 0.102. The number of aryl methyl sites for hydroxylation is 1. The predicted octanol–water partition coefficient (Wildman–Crippen LogP) is 4.55. The van der Waals surface area contributed by atoms with Crippen LogP contribution in [0, 0.1) is 6.92 Å². The molecule has 5 nitrogen and oxygen atoms in total. The number of hydrogen-bond donors (Lipinski definition) is 1. The third-order valence-electron chi connectivity index (χ3n) is 4.12. The lowest BCUT2D eigenvalue weighted by Crippen LogP contribution is -2.16. The van der Waals surface area contributed by atoms with Gasteiger partial charge < -0.3 is 0 Å². The molecular weight excluding hydrogens is 380 g/mol. The summed E-state index contributed by atoms with van der Waals surface area (Å²) < 4.78 is 24.6. The summed E-state index contributed by atoms with van der Waals surface area (Å²) in [5.74, 6) is -0.388. The number of hydrogen-bond acceptors (Lipinski definition) is 5. The summed E-state index contributed by atoms with van der Waals surface area (Å²) in [4.78, 5) is 17.1. The Bertz CT molecular complexity index is 1070. The van der Waals surface area contributed by atoms with E-state index in [1.807, 2.05) is 36.6 Å². The second-order valence-corrected chi connectivity index (χ2v) is 9.84. The highest BCUT2D eigenvalue weighted by atomic mass is 32.2. The number of benzene rings is 2. The van der Waals surface area contributed by atoms with Crippen molar-refractivity contribution in [2.75, 3.05) is 5.32 Å². The summed E-state index contributed by atoms with van der Waals surface area (Å²) in [6.07, 6.45) is 0. The fraction of sp³-hybridized carbons (Fsp3) is 0.200. The molecule has 0 spiro atoms. The fourth-order valence-corrected chi connectivity index (χ4v) is 4.26. The van der Waals surface area contributed by atoms with Gasteiger partial charge in [-0.15, -0.1) is 11.3 Å². The molecule has 1 amide bonds. The van der Waals surface area contributed by atoms with E-state index in [1.54, 1.807) is 26.0 Å². The van der Waals surface area contributed by atoms with Gasteiger partial charge in [-0.1, -0.05) is 35.9 Å². The number of sulfone groups is 1. The van der Waals surface area contributed by atoms with Crippen LogP contribution in [0.5, 0.6) is 0 Å². The van der Waals surface area contributed by atoms with Gasteiger partial charge in [-0.25, -0.2) is 13.4 Å². The van der Waals surface area contributed by atoms with E-state index in [0.29, 0.717) is 5.13 Å². The molecule has 1 aromatic heterocycles. The minimum Gasteiger partial charge on any atom is -0.298 e. The Balaban J connectivity index is 1.79. The van der Waals surface area contributed by atoms with Gasteiger partial charge in [0.05, 0.1) is 15.8 Å². The van der Waals surface area contributed by atoms with Gasteiger partial charge in [0.2, 0.25) is 0 Å². The number of thiazole rings is 1. The summed E-state index contributed by atoms with van der Waals surface area (Å²) in [7, 11) is -3.43. The zero-order valence-corrected chi connectivity index (χ0v) is 16.9. The quantitative estimate of drug-likeness (QED) is 0.681. The van der Waals surface area contributed by atoms with Gasteiger partial charge in [-0.2, -0.15) is 0 Å². The van der Waals surface area contributed by atoms with Gasteiger partial charge in [-0.05, 0) is 39.0 Å². The molecule has 0 aliphatic carbocycles. The van der Waals surface area contributed by atoms with Crippen molar-refractivity contribution in [1.29, 1.82) is 0 Å². The third kappa shape index (κ3) is 4.26. The van der Waals surface area contributed by atoms with Gasteiger partial charge in [0, 0.05) is 16.5 Å². The number of amides is 1. The monoisotopic (exact) mass is 400 g/mol. The highest BCUT2D eigenvalue weighted by Gasteiger charge is 2.20. The third-order valence-corrected chi connectivity index (χ3v) is 7.03. The molecule has 0 bridgehead atoms. The van der Waals surface area contributed by atoms with Gasteiger partial charge in [0.25, 0.3) is 5.91 Å². The van der Waals surface area contributed by atoms with Gasteiger partial charge >= 0.3 is 0 Å². The number of nitrogens with one attached hydrogen (secondary N) is 1. The number of anilines is 1. The van der Waals surface area contributed by atoms with E-state index >= 15 is 0 Å². The molecule has 140 valence electrons. The maximum atomic E-state index is 12.5. The second kappa shape index (κ2) is 7.62. The molecule has 1 N–H and O–H groups in total. The molecule has 3 aromatic rings. The van der Waals surface area contributed by atoms with Crippen molar-refractivity contribution in [3.8, 4) is 11.3 Å². The Morgan fingerprint density at radius 3 is 2.48 bits per heavy atom. The van der Waals surface area contributed by atoms with E-state index in [2.05, 4.69) is 10.3 Å². The van der Waals surface area contributed by atoms with E-state index < -0.39 is 15.1 Å². The maximum absolute atomic E-state index is 12.5. The van der Waals surface area contributed by atoms with E-state index in [4.69, 9.17) is 0 Å². The van der Waals surface area contributed by atoms with Crippen LogP contribution >= 0.6 is 11.3 Å². The highest BCUT2D eigenvalue weighted by molar-refractivity contribution is 7.92. The van der Waals surface area contributed by atoms with Crippen LogP contribution in [0.25, 0.3) is 11.3 Å². The lowest BCUT2D eigenvalue weighted by atomic mass is 10.1. The molecule has 0 atom stereocenters. The number of aromatic nitrogens is 1. The lowest BCUT2D eigenvalue weighted by Gasteiger charge is -2.09. The SMILES string of the molecule is Cc1ccc(-c2csc(NC(=O)c3cccc(S(=O)(=O)C(C)C)c3)n2)cc1. The average Bonchev–Trinajstić information content (AvgIpc) is 3.10. The summed E-state index contributed by atoms with van der Waals surface area (Å²) in [6.45, 7) is 5.25. The topological polar surface area (TPSA) is 76.1 Å². The Morgan fingerprint density at radius 1 is 1.11 bits per heavy atom. The maximum Gasteiger partial charge on any atom is 0.257 e. The largest absolute Gasteiger partial charge is 0.298 e. The summed E-state index contributed by atoms with van der Waals surface area (Å²) in [6, 6.07) is 14.0. The van der Waals surface area contributed by atoms with Crippen molar-refractivity contribution in [3.05, 3.63) is 65.0 Å². The van der Waals surface area contributed by atoms with Crippen LogP contribution in [-0.2, 0) is 9.84 Å². The minimum atomic E-state index is -3.43. The number of rotatable bonds is 5. The van der Waals surface area contributed by atoms with Gasteiger partial charge in [0.1, 0.15) is 0 Å². The molecule has 2 aromatic carbocycles. The second-order valence-electron chi connectivity index (χ2n) is 6.48. The van der Waals surface area contributed by atoms with Crippen molar-refractivity contribution in [1.82, 2.24) is 4.98 Å². The molecule has 0 unspecified atom stereocenters. The van der Waals surface area contributed by atoms with Crippen LogP contribution in [-0.4, -0.2) is 24.6 Å². The molecule has 0 fully saturated rings.